The lowest BCUT2D eigenvalue weighted by Crippen LogP contribution is -2.31. The number of epoxide rings is 1. The van der Waals surface area contributed by atoms with Crippen molar-refractivity contribution in [2.45, 2.75) is 179 Å². The Balaban J connectivity index is 1.44. The fourth-order valence-corrected chi connectivity index (χ4v) is 7.78. The summed E-state index contributed by atoms with van der Waals surface area (Å²) in [6, 6.07) is 0. The van der Waals surface area contributed by atoms with Crippen LogP contribution in [-0.4, -0.2) is 93.5 Å². The molecule has 52 heavy (non-hydrogen) atoms. The van der Waals surface area contributed by atoms with E-state index in [0.717, 1.165) is 48.8 Å². The minimum atomic E-state index is -0.937. The molecule has 0 spiro atoms. The summed E-state index contributed by atoms with van der Waals surface area (Å²) in [6.45, 7) is 14.1. The lowest BCUT2D eigenvalue weighted by Gasteiger charge is -2.25. The predicted molar refractivity (Wildman–Crippen MR) is 203 cm³/mol. The van der Waals surface area contributed by atoms with Gasteiger partial charge in [-0.25, -0.2) is 0 Å². The molecule has 4 N–H and O–H groups in total. The lowest BCUT2D eigenvalue weighted by molar-refractivity contribution is -0.147. The van der Waals surface area contributed by atoms with Gasteiger partial charge in [0.1, 0.15) is 18.3 Å². The van der Waals surface area contributed by atoms with Crippen LogP contribution in [0.1, 0.15) is 112 Å². The van der Waals surface area contributed by atoms with Crippen molar-refractivity contribution in [3.8, 4) is 0 Å². The van der Waals surface area contributed by atoms with Crippen LogP contribution in [0.25, 0.3) is 0 Å². The van der Waals surface area contributed by atoms with Gasteiger partial charge in [-0.3, -0.25) is 4.79 Å². The van der Waals surface area contributed by atoms with Crippen LogP contribution in [0.3, 0.4) is 0 Å². The molecule has 0 unspecified atom stereocenters. The van der Waals surface area contributed by atoms with Gasteiger partial charge in [-0.15, -0.1) is 0 Å². The Bertz CT molecular complexity index is 1300. The molecule has 4 aliphatic heterocycles. The molecule has 0 aromatic rings. The van der Waals surface area contributed by atoms with Crippen LogP contribution in [0.15, 0.2) is 71.9 Å². The number of carbonyl (C=O) groups is 1. The lowest BCUT2D eigenvalue weighted by atomic mass is 9.88. The van der Waals surface area contributed by atoms with Gasteiger partial charge in [0.25, 0.3) is 0 Å². The number of hydrogen-bond donors (Lipinski definition) is 4. The van der Waals surface area contributed by atoms with Crippen molar-refractivity contribution in [3.05, 3.63) is 71.9 Å². The number of aliphatic hydroxyl groups excluding tert-OH is 4. The number of allylic oxidation sites excluding steroid dienone is 7. The Morgan fingerprint density at radius 3 is 2.42 bits per heavy atom. The molecule has 4 aliphatic rings. The third-order valence-corrected chi connectivity index (χ3v) is 10.9. The second-order valence-corrected chi connectivity index (χ2v) is 15.9. The monoisotopic (exact) mass is 726 g/mol. The highest BCUT2D eigenvalue weighted by Crippen LogP contribution is 2.40. The van der Waals surface area contributed by atoms with Gasteiger partial charge in [-0.05, 0) is 103 Å². The first-order valence-electron chi connectivity index (χ1n) is 19.7. The zero-order valence-corrected chi connectivity index (χ0v) is 32.1. The largest absolute Gasteiger partial charge is 0.455 e. The summed E-state index contributed by atoms with van der Waals surface area (Å²) in [7, 11) is 0. The number of esters is 1. The standard InChI is InChI=1S/C43H66O9/c1-7-11-27(2)20-32(44)15-14-29(4)22-40-43-42(52-43)39-19-18-35(50-39)25-34-16-17-36(49-34)26-38(47)37(46)24-31(6)30(5)23-33(45)21-28(3)12-9-8-10-13-41(48)51-40/h7-9,11-12,14-15,22,27,30,32-40,42-47H,6,10,13,16-21,23-26H2,1-5H3/b9-8+,11-7+,15-14+,28-12+,29-22+/t27-,30-,32-,33-,34+,35-,36+,37+,38-,39-,40-,42-,43-/m0/s1. The Morgan fingerprint density at radius 1 is 0.962 bits per heavy atom. The molecule has 3 saturated heterocycles. The molecule has 13 atom stereocenters. The number of hydrogen-bond acceptors (Lipinski definition) is 9. The minimum Gasteiger partial charge on any atom is -0.455 e. The van der Waals surface area contributed by atoms with Crippen molar-refractivity contribution < 1.29 is 44.2 Å². The molecule has 9 heteroatoms. The molecular formula is C43H66O9. The molecule has 4 rings (SSSR count). The van der Waals surface area contributed by atoms with Crippen molar-refractivity contribution in [1.29, 1.82) is 0 Å². The molecule has 0 amide bonds. The number of aliphatic hydroxyl groups is 4. The van der Waals surface area contributed by atoms with Crippen LogP contribution in [0, 0.1) is 11.8 Å². The highest BCUT2D eigenvalue weighted by atomic mass is 16.7. The first-order valence-corrected chi connectivity index (χ1v) is 19.7. The Kier molecular flexibility index (Phi) is 17.0. The zero-order valence-electron chi connectivity index (χ0n) is 32.1. The van der Waals surface area contributed by atoms with Gasteiger partial charge in [0.2, 0.25) is 0 Å². The maximum Gasteiger partial charge on any atom is 0.306 e. The van der Waals surface area contributed by atoms with E-state index in [4.69, 9.17) is 18.9 Å². The SMILES string of the molecule is C=C1C[C@@H](O)[C@@H](O)C[C@H]2CC[C@H](C[C@@H]3CC[C@H](O3)[C@@H]3O[C@H]3[C@H](/C=C(C)/C=C/[C@H](O)C[C@@H](C)/C=C/C)OC(=O)CC/C=C/C=C(\C)C[C@H](O)C[C@@H]1C)O2. The van der Waals surface area contributed by atoms with Gasteiger partial charge in [0.15, 0.2) is 0 Å². The summed E-state index contributed by atoms with van der Waals surface area (Å²) in [5, 5.41) is 42.9. The minimum absolute atomic E-state index is 0.0188. The van der Waals surface area contributed by atoms with Gasteiger partial charge < -0.3 is 39.4 Å². The van der Waals surface area contributed by atoms with Crippen molar-refractivity contribution in [1.82, 2.24) is 0 Å². The van der Waals surface area contributed by atoms with E-state index in [9.17, 15) is 25.2 Å². The highest BCUT2D eigenvalue weighted by Gasteiger charge is 2.53. The fraction of sp³-hybridized carbons (Fsp3) is 0.698. The first-order chi connectivity index (χ1) is 24.8. The normalized spacial score (nSPS) is 39.4. The molecule has 0 aromatic carbocycles. The molecule has 0 aliphatic carbocycles. The summed E-state index contributed by atoms with van der Waals surface area (Å²) in [4.78, 5) is 13.1. The van der Waals surface area contributed by atoms with E-state index < -0.39 is 30.5 Å². The van der Waals surface area contributed by atoms with Crippen LogP contribution in [0.5, 0.6) is 0 Å². The van der Waals surface area contributed by atoms with Crippen LogP contribution in [0.2, 0.25) is 0 Å². The molecule has 3 fully saturated rings. The van der Waals surface area contributed by atoms with Crippen LogP contribution in [-0.2, 0) is 23.7 Å². The van der Waals surface area contributed by atoms with Gasteiger partial charge in [-0.2, -0.15) is 0 Å². The summed E-state index contributed by atoms with van der Waals surface area (Å²) < 4.78 is 25.0. The molecule has 292 valence electrons. The second kappa shape index (κ2) is 20.9. The Labute approximate surface area is 312 Å². The molecule has 0 radical (unpaired) electrons. The number of fused-ring (bicyclic) bond motifs is 6. The smallest absolute Gasteiger partial charge is 0.306 e. The maximum atomic E-state index is 13.1. The molecule has 0 saturated carbocycles. The van der Waals surface area contributed by atoms with E-state index in [0.29, 0.717) is 32.1 Å². The van der Waals surface area contributed by atoms with Crippen molar-refractivity contribution in [2.75, 3.05) is 0 Å². The number of ether oxygens (including phenoxy) is 4. The van der Waals surface area contributed by atoms with E-state index in [1.165, 1.54) is 0 Å². The molecular weight excluding hydrogens is 660 g/mol. The Hall–Kier alpha value is -2.37. The van der Waals surface area contributed by atoms with Crippen molar-refractivity contribution >= 4 is 5.97 Å². The van der Waals surface area contributed by atoms with Gasteiger partial charge in [0, 0.05) is 12.8 Å². The van der Waals surface area contributed by atoms with E-state index in [-0.39, 0.29) is 67.3 Å². The van der Waals surface area contributed by atoms with Crippen LogP contribution in [0.4, 0.5) is 0 Å². The number of cyclic esters (lactones) is 1. The van der Waals surface area contributed by atoms with Crippen LogP contribution >= 0.6 is 0 Å². The van der Waals surface area contributed by atoms with Gasteiger partial charge in [-0.1, -0.05) is 79.7 Å². The number of rotatable bonds is 6. The maximum absolute atomic E-state index is 13.1. The topological polar surface area (TPSA) is 138 Å². The summed E-state index contributed by atoms with van der Waals surface area (Å²) >= 11 is 0. The van der Waals surface area contributed by atoms with E-state index in [2.05, 4.69) is 19.6 Å². The summed E-state index contributed by atoms with van der Waals surface area (Å²) in [5.74, 6) is -0.0700. The van der Waals surface area contributed by atoms with Crippen molar-refractivity contribution in [3.63, 3.8) is 0 Å². The highest BCUT2D eigenvalue weighted by molar-refractivity contribution is 5.70. The predicted octanol–water partition coefficient (Wildman–Crippen LogP) is 6.75. The first kappa shape index (κ1) is 42.4. The third-order valence-electron chi connectivity index (χ3n) is 10.9. The average molecular weight is 727 g/mol. The third kappa shape index (κ3) is 14.1. The van der Waals surface area contributed by atoms with E-state index in [1.54, 1.807) is 6.08 Å². The van der Waals surface area contributed by atoms with Gasteiger partial charge >= 0.3 is 5.97 Å². The van der Waals surface area contributed by atoms with Crippen LogP contribution < -0.4 is 0 Å². The number of carbonyl (C=O) groups excluding carboxylic acids is 1. The summed E-state index contributed by atoms with van der Waals surface area (Å²) in [6.07, 6.45) is 18.4. The average Bonchev–Trinajstić information content (AvgIpc) is 3.53. The fourth-order valence-electron chi connectivity index (χ4n) is 7.78. The molecule has 4 bridgehead atoms. The summed E-state index contributed by atoms with van der Waals surface area (Å²) in [5.41, 5.74) is 2.69. The quantitative estimate of drug-likeness (QED) is 0.101. The molecule has 0 aromatic heterocycles. The van der Waals surface area contributed by atoms with E-state index in [1.807, 2.05) is 64.2 Å². The van der Waals surface area contributed by atoms with Crippen molar-refractivity contribution in [2.24, 2.45) is 11.8 Å². The van der Waals surface area contributed by atoms with Gasteiger partial charge in [0.05, 0.1) is 48.8 Å². The zero-order chi connectivity index (χ0) is 37.8. The molecule has 9 nitrogen and oxygen atoms in total. The molecule has 4 heterocycles. The van der Waals surface area contributed by atoms with E-state index >= 15 is 0 Å². The second-order valence-electron chi connectivity index (χ2n) is 15.9. The Morgan fingerprint density at radius 2 is 1.67 bits per heavy atom.